The first-order valence-electron chi connectivity index (χ1n) is 5.61. The highest BCUT2D eigenvalue weighted by Crippen LogP contribution is 2.18. The van der Waals surface area contributed by atoms with Crippen LogP contribution in [0.1, 0.15) is 24.5 Å². The molecule has 0 aromatic heterocycles. The van der Waals surface area contributed by atoms with Gasteiger partial charge in [0.25, 0.3) is 5.91 Å². The third-order valence-electron chi connectivity index (χ3n) is 2.98. The van der Waals surface area contributed by atoms with Gasteiger partial charge in [0, 0.05) is 19.5 Å². The summed E-state index contributed by atoms with van der Waals surface area (Å²) in [7, 11) is 0. The lowest BCUT2D eigenvalue weighted by molar-refractivity contribution is -0.145. The van der Waals surface area contributed by atoms with Gasteiger partial charge in [-0.15, -0.1) is 0 Å². The van der Waals surface area contributed by atoms with Crippen LogP contribution in [0.4, 0.5) is 0 Å². The molecule has 1 aromatic carbocycles. The van der Waals surface area contributed by atoms with Crippen LogP contribution in [0.5, 0.6) is 0 Å². The number of ketones is 1. The Balaban J connectivity index is 2.14. The summed E-state index contributed by atoms with van der Waals surface area (Å²) < 4.78 is 0. The van der Waals surface area contributed by atoms with Gasteiger partial charge in [-0.05, 0) is 17.5 Å². The van der Waals surface area contributed by atoms with E-state index < -0.39 is 0 Å². The molecule has 0 spiro atoms. The van der Waals surface area contributed by atoms with Gasteiger partial charge >= 0.3 is 0 Å². The van der Waals surface area contributed by atoms with Crippen molar-refractivity contribution in [3.05, 3.63) is 35.4 Å². The highest BCUT2D eigenvalue weighted by Gasteiger charge is 2.23. The topological polar surface area (TPSA) is 37.4 Å². The van der Waals surface area contributed by atoms with Gasteiger partial charge in [0.1, 0.15) is 0 Å². The number of Topliss-reactive ketones (excluding diaryl/α,β-unsaturated/α-hetero) is 1. The van der Waals surface area contributed by atoms with E-state index in [-0.39, 0.29) is 18.1 Å². The van der Waals surface area contributed by atoms with Gasteiger partial charge in [-0.25, -0.2) is 0 Å². The van der Waals surface area contributed by atoms with Crippen LogP contribution in [0.2, 0.25) is 0 Å². The third-order valence-corrected chi connectivity index (χ3v) is 2.98. The second kappa shape index (κ2) is 4.47. The Bertz CT molecular complexity index is 426. The standard InChI is InChI=1S/C13H15NO2/c1-2-12(15)13(16)14-8-7-10-5-3-4-6-11(10)9-14/h3-6H,2,7-9H2,1H3. The van der Waals surface area contributed by atoms with Crippen LogP contribution >= 0.6 is 0 Å². The highest BCUT2D eigenvalue weighted by atomic mass is 16.2. The van der Waals surface area contributed by atoms with Crippen LogP contribution in [0.15, 0.2) is 24.3 Å². The number of nitrogens with zero attached hydrogens (tertiary/aromatic N) is 1. The normalized spacial score (nSPS) is 14.4. The Morgan fingerprint density at radius 2 is 1.94 bits per heavy atom. The lowest BCUT2D eigenvalue weighted by Crippen LogP contribution is -2.39. The molecule has 1 aliphatic heterocycles. The van der Waals surface area contributed by atoms with Crippen molar-refractivity contribution in [1.29, 1.82) is 0 Å². The van der Waals surface area contributed by atoms with Crippen LogP contribution in [-0.4, -0.2) is 23.1 Å². The zero-order valence-corrected chi connectivity index (χ0v) is 9.40. The van der Waals surface area contributed by atoms with Gasteiger partial charge in [0.05, 0.1) is 0 Å². The molecular weight excluding hydrogens is 202 g/mol. The lowest BCUT2D eigenvalue weighted by Gasteiger charge is -2.28. The van der Waals surface area contributed by atoms with Gasteiger partial charge in [0.2, 0.25) is 5.78 Å². The SMILES string of the molecule is CCC(=O)C(=O)N1CCc2ccccc2C1. The summed E-state index contributed by atoms with van der Waals surface area (Å²) in [5.41, 5.74) is 2.45. The van der Waals surface area contributed by atoms with E-state index in [1.54, 1.807) is 11.8 Å². The second-order valence-corrected chi connectivity index (χ2v) is 4.02. The molecule has 0 aliphatic carbocycles. The Labute approximate surface area is 95.1 Å². The summed E-state index contributed by atoms with van der Waals surface area (Å²) in [6.07, 6.45) is 1.13. The summed E-state index contributed by atoms with van der Waals surface area (Å²) in [5.74, 6) is -0.628. The molecule has 0 N–H and O–H groups in total. The maximum atomic E-state index is 11.7. The molecule has 3 nitrogen and oxygen atoms in total. The predicted octanol–water partition coefficient (Wildman–Crippen LogP) is 1.55. The van der Waals surface area contributed by atoms with Gasteiger partial charge < -0.3 is 4.90 Å². The fourth-order valence-electron chi connectivity index (χ4n) is 2.00. The summed E-state index contributed by atoms with van der Waals surface area (Å²) >= 11 is 0. The fraction of sp³-hybridized carbons (Fsp3) is 0.385. The molecule has 1 heterocycles. The molecule has 0 unspecified atom stereocenters. The molecule has 1 aliphatic rings. The number of carbonyl (C=O) groups is 2. The average Bonchev–Trinajstić information content (AvgIpc) is 2.36. The number of hydrogen-bond donors (Lipinski definition) is 0. The minimum atomic E-state index is -0.336. The zero-order valence-electron chi connectivity index (χ0n) is 9.40. The maximum absolute atomic E-state index is 11.7. The minimum absolute atomic E-state index is 0.289. The van der Waals surface area contributed by atoms with Crippen molar-refractivity contribution < 1.29 is 9.59 Å². The first-order valence-corrected chi connectivity index (χ1v) is 5.61. The molecule has 0 atom stereocenters. The fourth-order valence-corrected chi connectivity index (χ4v) is 2.00. The quantitative estimate of drug-likeness (QED) is 0.705. The molecule has 16 heavy (non-hydrogen) atoms. The molecule has 84 valence electrons. The number of amides is 1. The van der Waals surface area contributed by atoms with Crippen LogP contribution in [0, 0.1) is 0 Å². The summed E-state index contributed by atoms with van der Waals surface area (Å²) in [6.45, 7) is 2.94. The Kier molecular flexibility index (Phi) is 3.04. The van der Waals surface area contributed by atoms with E-state index in [1.165, 1.54) is 5.56 Å². The van der Waals surface area contributed by atoms with Crippen molar-refractivity contribution in [2.24, 2.45) is 0 Å². The molecule has 3 heteroatoms. The number of fused-ring (bicyclic) bond motifs is 1. The molecule has 0 saturated heterocycles. The van der Waals surface area contributed by atoms with E-state index in [1.807, 2.05) is 18.2 Å². The second-order valence-electron chi connectivity index (χ2n) is 4.02. The van der Waals surface area contributed by atoms with Gasteiger partial charge in [-0.3, -0.25) is 9.59 Å². The lowest BCUT2D eigenvalue weighted by atomic mass is 9.99. The molecule has 1 aromatic rings. The molecule has 0 radical (unpaired) electrons. The summed E-state index contributed by atoms with van der Waals surface area (Å²) in [5, 5.41) is 0. The van der Waals surface area contributed by atoms with Crippen molar-refractivity contribution >= 4 is 11.7 Å². The first-order chi connectivity index (χ1) is 7.72. The van der Waals surface area contributed by atoms with E-state index in [4.69, 9.17) is 0 Å². The molecule has 0 fully saturated rings. The largest absolute Gasteiger partial charge is 0.331 e. The molecule has 1 amide bonds. The van der Waals surface area contributed by atoms with E-state index in [0.29, 0.717) is 13.1 Å². The van der Waals surface area contributed by atoms with Crippen LogP contribution < -0.4 is 0 Å². The smallest absolute Gasteiger partial charge is 0.290 e. The third kappa shape index (κ3) is 1.98. The van der Waals surface area contributed by atoms with Crippen LogP contribution in [0.25, 0.3) is 0 Å². The van der Waals surface area contributed by atoms with Crippen molar-refractivity contribution in [2.75, 3.05) is 6.54 Å². The maximum Gasteiger partial charge on any atom is 0.290 e. The van der Waals surface area contributed by atoms with Crippen LogP contribution in [-0.2, 0) is 22.6 Å². The van der Waals surface area contributed by atoms with Crippen molar-refractivity contribution in [1.82, 2.24) is 4.90 Å². The molecular formula is C13H15NO2. The highest BCUT2D eigenvalue weighted by molar-refractivity contribution is 6.35. The van der Waals surface area contributed by atoms with E-state index in [0.717, 1.165) is 12.0 Å². The number of benzene rings is 1. The molecule has 0 saturated carbocycles. The molecule has 0 bridgehead atoms. The zero-order chi connectivity index (χ0) is 11.5. The van der Waals surface area contributed by atoms with E-state index >= 15 is 0 Å². The Morgan fingerprint density at radius 1 is 1.25 bits per heavy atom. The Hall–Kier alpha value is -1.64. The summed E-state index contributed by atoms with van der Waals surface area (Å²) in [4.78, 5) is 24.7. The molecule has 2 rings (SSSR count). The number of carbonyl (C=O) groups excluding carboxylic acids is 2. The van der Waals surface area contributed by atoms with Crippen molar-refractivity contribution in [3.8, 4) is 0 Å². The van der Waals surface area contributed by atoms with Gasteiger partial charge in [-0.1, -0.05) is 31.2 Å². The summed E-state index contributed by atoms with van der Waals surface area (Å²) in [6, 6.07) is 8.08. The first kappa shape index (κ1) is 10.9. The van der Waals surface area contributed by atoms with Gasteiger partial charge in [0.15, 0.2) is 0 Å². The minimum Gasteiger partial charge on any atom is -0.331 e. The number of hydrogen-bond acceptors (Lipinski definition) is 2. The van der Waals surface area contributed by atoms with Crippen molar-refractivity contribution in [3.63, 3.8) is 0 Å². The van der Waals surface area contributed by atoms with Gasteiger partial charge in [-0.2, -0.15) is 0 Å². The Morgan fingerprint density at radius 3 is 2.62 bits per heavy atom. The van der Waals surface area contributed by atoms with Crippen LogP contribution in [0.3, 0.4) is 0 Å². The average molecular weight is 217 g/mol. The van der Waals surface area contributed by atoms with E-state index in [9.17, 15) is 9.59 Å². The monoisotopic (exact) mass is 217 g/mol. The van der Waals surface area contributed by atoms with E-state index in [2.05, 4.69) is 6.07 Å². The predicted molar refractivity (Wildman–Crippen MR) is 60.9 cm³/mol. The number of rotatable bonds is 2. The van der Waals surface area contributed by atoms with Crippen molar-refractivity contribution in [2.45, 2.75) is 26.3 Å².